The van der Waals surface area contributed by atoms with Crippen molar-refractivity contribution in [1.29, 1.82) is 0 Å². The van der Waals surface area contributed by atoms with Gasteiger partial charge in [-0.3, -0.25) is 4.79 Å². The Hall–Kier alpha value is -3.52. The summed E-state index contributed by atoms with van der Waals surface area (Å²) < 4.78 is 34.8. The molecule has 13 heteroatoms. The number of aliphatic hydroxyl groups excluding tert-OH is 1. The predicted octanol–water partition coefficient (Wildman–Crippen LogP) is 4.47. The van der Waals surface area contributed by atoms with Gasteiger partial charge in [0.05, 0.1) is 36.5 Å². The number of amides is 3. The Balaban J connectivity index is 1.59. The summed E-state index contributed by atoms with van der Waals surface area (Å²) in [5.41, 5.74) is 2.53. The van der Waals surface area contributed by atoms with E-state index < -0.39 is 34.1 Å². The van der Waals surface area contributed by atoms with E-state index in [1.165, 1.54) is 28.8 Å². The van der Waals surface area contributed by atoms with Gasteiger partial charge in [0.2, 0.25) is 15.9 Å². The molecule has 0 radical (unpaired) electrons. The Kier molecular flexibility index (Phi) is 12.6. The van der Waals surface area contributed by atoms with Crippen LogP contribution in [0.25, 0.3) is 0 Å². The van der Waals surface area contributed by atoms with Gasteiger partial charge in [-0.1, -0.05) is 64.1 Å². The van der Waals surface area contributed by atoms with E-state index in [0.29, 0.717) is 19.6 Å². The van der Waals surface area contributed by atoms with Crippen LogP contribution in [0.4, 0.5) is 4.79 Å². The zero-order valence-corrected chi connectivity index (χ0v) is 30.6. The molecule has 262 valence electrons. The van der Waals surface area contributed by atoms with Crippen molar-refractivity contribution in [2.75, 3.05) is 33.3 Å². The van der Waals surface area contributed by atoms with Gasteiger partial charge in [0.1, 0.15) is 16.7 Å². The van der Waals surface area contributed by atoms with Gasteiger partial charge in [0, 0.05) is 31.6 Å². The van der Waals surface area contributed by atoms with Crippen molar-refractivity contribution in [3.63, 3.8) is 0 Å². The van der Waals surface area contributed by atoms with Crippen LogP contribution in [0, 0.1) is 25.7 Å². The number of carbonyl (C=O) groups excluding carboxylic acids is 2. The molecular weight excluding hydrogens is 651 g/mol. The van der Waals surface area contributed by atoms with Gasteiger partial charge in [-0.15, -0.1) is 11.3 Å². The number of aromatic nitrogens is 1. The molecule has 3 amide bonds. The average molecular weight is 700 g/mol. The van der Waals surface area contributed by atoms with Gasteiger partial charge >= 0.3 is 6.03 Å². The van der Waals surface area contributed by atoms with Crippen molar-refractivity contribution < 1.29 is 27.9 Å². The van der Waals surface area contributed by atoms with Crippen molar-refractivity contribution in [1.82, 2.24) is 24.4 Å². The summed E-state index contributed by atoms with van der Waals surface area (Å²) in [6, 6.07) is 12.4. The number of rotatable bonds is 16. The summed E-state index contributed by atoms with van der Waals surface area (Å²) in [6.45, 7) is 12.5. The lowest BCUT2D eigenvalue weighted by Crippen LogP contribution is -2.57. The van der Waals surface area contributed by atoms with E-state index in [-0.39, 0.29) is 48.0 Å². The molecule has 4 rings (SSSR count). The number of nitrogens with one attached hydrogen (secondary N) is 1. The molecule has 1 aliphatic rings. The summed E-state index contributed by atoms with van der Waals surface area (Å²) in [5.74, 6) is -0.450. The third-order valence-corrected chi connectivity index (χ3v) is 11.1. The zero-order valence-electron chi connectivity index (χ0n) is 28.9. The first-order chi connectivity index (χ1) is 22.7. The highest BCUT2D eigenvalue weighted by Crippen LogP contribution is 2.29. The fourth-order valence-electron chi connectivity index (χ4n) is 6.05. The van der Waals surface area contributed by atoms with Gasteiger partial charge in [-0.25, -0.2) is 18.2 Å². The Morgan fingerprint density at radius 1 is 1.08 bits per heavy atom. The second-order valence-electron chi connectivity index (χ2n) is 13.2. The maximum Gasteiger partial charge on any atom is 0.321 e. The SMILES string of the molecule is COc1cc(C)ccc1S(=O)(=O)N(CC(C)C)C[C@@H](O)[C@H](Cc1ccccc1)NC(=O)C(C(C)C)N1CCN(Cc2csc(C)n2)C1=O. The highest BCUT2D eigenvalue weighted by atomic mass is 32.2. The van der Waals surface area contributed by atoms with Crippen LogP contribution in [0.5, 0.6) is 5.75 Å². The summed E-state index contributed by atoms with van der Waals surface area (Å²) in [5, 5.41) is 17.7. The Morgan fingerprint density at radius 3 is 2.40 bits per heavy atom. The van der Waals surface area contributed by atoms with Crippen LogP contribution in [0.15, 0.2) is 58.8 Å². The number of aliphatic hydroxyl groups is 1. The minimum Gasteiger partial charge on any atom is -0.495 e. The average Bonchev–Trinajstić information content (AvgIpc) is 3.60. The number of carbonyl (C=O) groups is 2. The molecular formula is C35H49N5O6S2. The Morgan fingerprint density at radius 2 is 1.79 bits per heavy atom. The van der Waals surface area contributed by atoms with Crippen LogP contribution >= 0.6 is 11.3 Å². The predicted molar refractivity (Wildman–Crippen MR) is 187 cm³/mol. The van der Waals surface area contributed by atoms with Crippen LogP contribution < -0.4 is 10.1 Å². The van der Waals surface area contributed by atoms with Crippen molar-refractivity contribution in [2.45, 2.75) is 77.6 Å². The van der Waals surface area contributed by atoms with Gasteiger partial charge in [0.25, 0.3) is 0 Å². The minimum atomic E-state index is -4.09. The number of aryl methyl sites for hydroxylation is 2. The maximum atomic E-state index is 14.1. The van der Waals surface area contributed by atoms with E-state index in [1.54, 1.807) is 21.9 Å². The number of sulfonamides is 1. The first kappa shape index (κ1) is 37.3. The molecule has 2 aromatic carbocycles. The molecule has 3 aromatic rings. The van der Waals surface area contributed by atoms with Crippen LogP contribution in [0.1, 0.15) is 49.5 Å². The van der Waals surface area contributed by atoms with Gasteiger partial charge < -0.3 is 25.0 Å². The smallest absolute Gasteiger partial charge is 0.321 e. The molecule has 3 atom stereocenters. The first-order valence-corrected chi connectivity index (χ1v) is 18.7. The van der Waals surface area contributed by atoms with Crippen molar-refractivity contribution in [3.8, 4) is 5.75 Å². The molecule has 1 fully saturated rings. The maximum absolute atomic E-state index is 14.1. The second kappa shape index (κ2) is 16.3. The number of methoxy groups -OCH3 is 1. The molecule has 2 N–H and O–H groups in total. The molecule has 1 aromatic heterocycles. The summed E-state index contributed by atoms with van der Waals surface area (Å²) >= 11 is 1.53. The highest BCUT2D eigenvalue weighted by molar-refractivity contribution is 7.89. The molecule has 48 heavy (non-hydrogen) atoms. The molecule has 11 nitrogen and oxygen atoms in total. The molecule has 1 saturated heterocycles. The monoisotopic (exact) mass is 699 g/mol. The number of hydrogen-bond donors (Lipinski definition) is 2. The molecule has 1 unspecified atom stereocenters. The lowest BCUT2D eigenvalue weighted by atomic mass is 9.97. The van der Waals surface area contributed by atoms with Crippen LogP contribution in [-0.2, 0) is 27.8 Å². The fraction of sp³-hybridized carbons (Fsp3) is 0.514. The van der Waals surface area contributed by atoms with Crippen LogP contribution in [0.2, 0.25) is 0 Å². The van der Waals surface area contributed by atoms with Crippen LogP contribution in [0.3, 0.4) is 0 Å². The zero-order chi connectivity index (χ0) is 35.2. The van der Waals surface area contributed by atoms with Gasteiger partial charge in [-0.05, 0) is 55.4 Å². The topological polar surface area (TPSA) is 132 Å². The van der Waals surface area contributed by atoms with E-state index in [1.807, 2.05) is 77.3 Å². The van der Waals surface area contributed by atoms with Crippen molar-refractivity contribution in [2.24, 2.45) is 11.8 Å². The number of hydrogen-bond acceptors (Lipinski definition) is 8. The number of benzene rings is 2. The molecule has 1 aliphatic heterocycles. The quantitative estimate of drug-likeness (QED) is 0.226. The third-order valence-electron chi connectivity index (χ3n) is 8.37. The summed E-state index contributed by atoms with van der Waals surface area (Å²) in [7, 11) is -2.67. The number of nitrogens with zero attached hydrogens (tertiary/aromatic N) is 4. The molecule has 0 spiro atoms. The molecule has 2 heterocycles. The second-order valence-corrected chi connectivity index (χ2v) is 16.2. The molecule has 0 saturated carbocycles. The fourth-order valence-corrected chi connectivity index (χ4v) is 8.41. The Labute approximate surface area is 289 Å². The van der Waals surface area contributed by atoms with Crippen molar-refractivity contribution >= 4 is 33.3 Å². The van der Waals surface area contributed by atoms with Gasteiger partial charge in [-0.2, -0.15) is 4.31 Å². The van der Waals surface area contributed by atoms with E-state index in [0.717, 1.165) is 21.8 Å². The van der Waals surface area contributed by atoms with E-state index >= 15 is 0 Å². The van der Waals surface area contributed by atoms with E-state index in [4.69, 9.17) is 4.74 Å². The number of ether oxygens (including phenoxy) is 1. The lowest BCUT2D eigenvalue weighted by Gasteiger charge is -2.34. The first-order valence-electron chi connectivity index (χ1n) is 16.3. The summed E-state index contributed by atoms with van der Waals surface area (Å²) in [6.07, 6.45) is -1.02. The molecule has 0 aliphatic carbocycles. The van der Waals surface area contributed by atoms with Gasteiger partial charge in [0.15, 0.2) is 0 Å². The molecule has 0 bridgehead atoms. The lowest BCUT2D eigenvalue weighted by molar-refractivity contribution is -0.128. The normalized spacial score (nSPS) is 15.8. The van der Waals surface area contributed by atoms with E-state index in [2.05, 4.69) is 10.3 Å². The Bertz CT molecular complexity index is 1650. The van der Waals surface area contributed by atoms with Crippen LogP contribution in [-0.4, -0.2) is 96.0 Å². The van der Waals surface area contributed by atoms with E-state index in [9.17, 15) is 23.1 Å². The minimum absolute atomic E-state index is 0.0110. The third kappa shape index (κ3) is 9.13. The largest absolute Gasteiger partial charge is 0.495 e. The van der Waals surface area contributed by atoms with Crippen molar-refractivity contribution in [3.05, 3.63) is 75.7 Å². The summed E-state index contributed by atoms with van der Waals surface area (Å²) in [4.78, 5) is 35.4. The standard InChI is InChI=1S/C35H49N5O6S2/c1-23(2)19-39(48(44,45)32-14-13-25(5)17-31(32)46-7)21-30(41)29(18-27-11-9-8-10-12-27)37-34(42)33(24(3)4)40-16-15-38(35(40)43)20-28-22-47-26(6)36-28/h8-14,17,22-24,29-30,33,41H,15-16,18-21H2,1-7H3,(H,37,42)/t29-,30+,33?/m0/s1. The number of thiazole rings is 1. The highest BCUT2D eigenvalue weighted by Gasteiger charge is 2.41. The number of urea groups is 1.